The highest BCUT2D eigenvalue weighted by Gasteiger charge is 2.32. The molecule has 2 N–H and O–H groups in total. The predicted molar refractivity (Wildman–Crippen MR) is 61.3 cm³/mol. The van der Waals surface area contributed by atoms with Gasteiger partial charge in [-0.2, -0.15) is 13.2 Å². The van der Waals surface area contributed by atoms with Crippen molar-refractivity contribution < 1.29 is 18.0 Å². The number of nitrogens with zero attached hydrogens (tertiary/aromatic N) is 2. The molecule has 1 aromatic heterocycles. The van der Waals surface area contributed by atoms with Gasteiger partial charge in [0.15, 0.2) is 0 Å². The van der Waals surface area contributed by atoms with Crippen LogP contribution in [-0.4, -0.2) is 35.1 Å². The van der Waals surface area contributed by atoms with Crippen molar-refractivity contribution >= 4 is 23.3 Å². The Hall–Kier alpha value is -1.50. The number of hydrogen-bond acceptors (Lipinski definition) is 3. The van der Waals surface area contributed by atoms with E-state index in [1.54, 1.807) is 0 Å². The van der Waals surface area contributed by atoms with E-state index in [1.807, 2.05) is 0 Å². The van der Waals surface area contributed by atoms with Gasteiger partial charge in [-0.15, -0.1) is 0 Å². The molecule has 0 bridgehead atoms. The second-order valence-corrected chi connectivity index (χ2v) is 3.93. The Kier molecular flexibility index (Phi) is 4.39. The zero-order valence-electron chi connectivity index (χ0n) is 9.46. The van der Waals surface area contributed by atoms with Crippen LogP contribution in [0.15, 0.2) is 12.3 Å². The number of hydrogen-bond donors (Lipinski definition) is 1. The average molecular weight is 282 g/mol. The predicted octanol–water partition coefficient (Wildman–Crippen LogP) is 2.34. The monoisotopic (exact) mass is 281 g/mol. The number of halogens is 4. The topological polar surface area (TPSA) is 59.2 Å². The summed E-state index contributed by atoms with van der Waals surface area (Å²) in [6.45, 7) is 0.0701. The minimum absolute atomic E-state index is 0.0205. The van der Waals surface area contributed by atoms with Crippen LogP contribution in [0, 0.1) is 0 Å². The average Bonchev–Trinajstić information content (AvgIpc) is 2.27. The molecule has 0 aromatic carbocycles. The summed E-state index contributed by atoms with van der Waals surface area (Å²) in [4.78, 5) is 16.1. The number of amides is 1. The molecular weight excluding hydrogens is 271 g/mol. The van der Waals surface area contributed by atoms with Crippen LogP contribution in [0.1, 0.15) is 17.3 Å². The summed E-state index contributed by atoms with van der Waals surface area (Å²) < 4.78 is 36.8. The first-order valence-corrected chi connectivity index (χ1v) is 5.39. The van der Waals surface area contributed by atoms with Gasteiger partial charge in [0, 0.05) is 12.7 Å². The van der Waals surface area contributed by atoms with Gasteiger partial charge >= 0.3 is 6.18 Å². The molecule has 18 heavy (non-hydrogen) atoms. The highest BCUT2D eigenvalue weighted by Crippen LogP contribution is 2.20. The van der Waals surface area contributed by atoms with E-state index in [-0.39, 0.29) is 22.9 Å². The maximum Gasteiger partial charge on any atom is 0.406 e. The zero-order valence-corrected chi connectivity index (χ0v) is 10.2. The van der Waals surface area contributed by atoms with Crippen LogP contribution in [0.3, 0.4) is 0 Å². The first-order chi connectivity index (χ1) is 8.24. The number of aromatic nitrogens is 1. The molecule has 0 aliphatic rings. The van der Waals surface area contributed by atoms with Crippen LogP contribution < -0.4 is 5.73 Å². The SMILES string of the molecule is CCN(CC(F)(F)F)C(=O)c1cnc(N)c(Cl)c1. The largest absolute Gasteiger partial charge is 0.406 e. The van der Waals surface area contributed by atoms with Gasteiger partial charge in [-0.3, -0.25) is 4.79 Å². The Morgan fingerprint density at radius 2 is 2.17 bits per heavy atom. The van der Waals surface area contributed by atoms with Crippen molar-refractivity contribution in [3.8, 4) is 0 Å². The van der Waals surface area contributed by atoms with E-state index in [0.717, 1.165) is 6.20 Å². The van der Waals surface area contributed by atoms with Crippen molar-refractivity contribution in [2.75, 3.05) is 18.8 Å². The fourth-order valence-corrected chi connectivity index (χ4v) is 1.46. The van der Waals surface area contributed by atoms with Crippen LogP contribution in [0.5, 0.6) is 0 Å². The number of carbonyl (C=O) groups is 1. The van der Waals surface area contributed by atoms with E-state index in [4.69, 9.17) is 17.3 Å². The van der Waals surface area contributed by atoms with Crippen molar-refractivity contribution in [2.24, 2.45) is 0 Å². The molecule has 8 heteroatoms. The normalized spacial score (nSPS) is 11.4. The van der Waals surface area contributed by atoms with Gasteiger partial charge in [0.25, 0.3) is 5.91 Å². The van der Waals surface area contributed by atoms with Gasteiger partial charge in [-0.1, -0.05) is 11.6 Å². The van der Waals surface area contributed by atoms with Crippen LogP contribution in [-0.2, 0) is 0 Å². The molecule has 0 aliphatic heterocycles. The quantitative estimate of drug-likeness (QED) is 0.925. The minimum atomic E-state index is -4.45. The van der Waals surface area contributed by atoms with Crippen LogP contribution in [0.4, 0.5) is 19.0 Å². The number of rotatable bonds is 3. The molecule has 4 nitrogen and oxygen atoms in total. The Balaban J connectivity index is 2.93. The molecule has 0 radical (unpaired) electrons. The number of nitrogens with two attached hydrogens (primary N) is 1. The summed E-state index contributed by atoms with van der Waals surface area (Å²) in [5.41, 5.74) is 5.32. The van der Waals surface area contributed by atoms with Crippen LogP contribution in [0.2, 0.25) is 5.02 Å². The molecule has 0 fully saturated rings. The smallest absolute Gasteiger partial charge is 0.382 e. The van der Waals surface area contributed by atoms with Gasteiger partial charge in [0.2, 0.25) is 0 Å². The van der Waals surface area contributed by atoms with E-state index in [9.17, 15) is 18.0 Å². The maximum atomic E-state index is 12.3. The van der Waals surface area contributed by atoms with Crippen molar-refractivity contribution in [1.82, 2.24) is 9.88 Å². The molecular formula is C10H11ClF3N3O. The number of nitrogen functional groups attached to an aromatic ring is 1. The molecule has 0 saturated heterocycles. The van der Waals surface area contributed by atoms with Gasteiger partial charge in [-0.05, 0) is 13.0 Å². The number of alkyl halides is 3. The van der Waals surface area contributed by atoms with E-state index < -0.39 is 18.6 Å². The number of anilines is 1. The zero-order chi connectivity index (χ0) is 13.9. The van der Waals surface area contributed by atoms with Crippen molar-refractivity contribution in [3.63, 3.8) is 0 Å². The fraction of sp³-hybridized carbons (Fsp3) is 0.400. The van der Waals surface area contributed by atoms with Crippen molar-refractivity contribution in [2.45, 2.75) is 13.1 Å². The molecule has 0 atom stereocenters. The van der Waals surface area contributed by atoms with E-state index in [2.05, 4.69) is 4.98 Å². The highest BCUT2D eigenvalue weighted by atomic mass is 35.5. The van der Waals surface area contributed by atoms with Gasteiger partial charge < -0.3 is 10.6 Å². The molecule has 0 unspecified atom stereocenters. The molecule has 0 saturated carbocycles. The Bertz CT molecular complexity index is 450. The molecule has 1 aromatic rings. The third-order valence-electron chi connectivity index (χ3n) is 2.16. The number of pyridine rings is 1. The van der Waals surface area contributed by atoms with Gasteiger partial charge in [0.05, 0.1) is 10.6 Å². The second kappa shape index (κ2) is 5.43. The molecule has 1 amide bonds. The lowest BCUT2D eigenvalue weighted by Gasteiger charge is -2.22. The number of carbonyl (C=O) groups excluding carboxylic acids is 1. The van der Waals surface area contributed by atoms with E-state index in [1.165, 1.54) is 13.0 Å². The Morgan fingerprint density at radius 3 is 2.61 bits per heavy atom. The summed E-state index contributed by atoms with van der Waals surface area (Å²) in [7, 11) is 0. The molecule has 0 spiro atoms. The lowest BCUT2D eigenvalue weighted by molar-refractivity contribution is -0.140. The van der Waals surface area contributed by atoms with Crippen LogP contribution >= 0.6 is 11.6 Å². The second-order valence-electron chi connectivity index (χ2n) is 3.53. The first kappa shape index (κ1) is 14.6. The highest BCUT2D eigenvalue weighted by molar-refractivity contribution is 6.33. The van der Waals surface area contributed by atoms with Crippen molar-refractivity contribution in [1.29, 1.82) is 0 Å². The van der Waals surface area contributed by atoms with Gasteiger partial charge in [0.1, 0.15) is 12.4 Å². The minimum Gasteiger partial charge on any atom is -0.382 e. The van der Waals surface area contributed by atoms with Gasteiger partial charge in [-0.25, -0.2) is 4.98 Å². The standard InChI is InChI=1S/C10H11ClF3N3O/c1-2-17(5-10(12,13)14)9(18)6-3-7(11)8(15)16-4-6/h3-4H,2,5H2,1H3,(H2,15,16). The third-order valence-corrected chi connectivity index (χ3v) is 2.46. The lowest BCUT2D eigenvalue weighted by atomic mass is 10.2. The molecule has 1 rings (SSSR count). The van der Waals surface area contributed by atoms with E-state index >= 15 is 0 Å². The Morgan fingerprint density at radius 1 is 1.56 bits per heavy atom. The summed E-state index contributed by atoms with van der Waals surface area (Å²) in [5.74, 6) is -0.767. The lowest BCUT2D eigenvalue weighted by Crippen LogP contribution is -2.38. The Labute approximate surface area is 107 Å². The molecule has 0 aliphatic carbocycles. The first-order valence-electron chi connectivity index (χ1n) is 5.01. The van der Waals surface area contributed by atoms with E-state index in [0.29, 0.717) is 4.90 Å². The van der Waals surface area contributed by atoms with Crippen LogP contribution in [0.25, 0.3) is 0 Å². The third kappa shape index (κ3) is 3.76. The summed E-state index contributed by atoms with van der Waals surface area (Å²) in [6, 6.07) is 1.20. The molecule has 100 valence electrons. The fourth-order valence-electron chi connectivity index (χ4n) is 1.29. The van der Waals surface area contributed by atoms with Crippen molar-refractivity contribution in [3.05, 3.63) is 22.8 Å². The maximum absolute atomic E-state index is 12.3. The summed E-state index contributed by atoms with van der Waals surface area (Å²) in [5, 5.41) is 0.0314. The summed E-state index contributed by atoms with van der Waals surface area (Å²) >= 11 is 5.66. The summed E-state index contributed by atoms with van der Waals surface area (Å²) in [6.07, 6.45) is -3.35. The molecule has 1 heterocycles.